The highest BCUT2D eigenvalue weighted by Crippen LogP contribution is 2.41. The third kappa shape index (κ3) is 1.91. The number of halogens is 1. The molecule has 2 rings (SSSR count). The van der Waals surface area contributed by atoms with Gasteiger partial charge in [-0.1, -0.05) is 0 Å². The number of aryl methyl sites for hydroxylation is 1. The monoisotopic (exact) mass is 227 g/mol. The molecule has 1 aliphatic heterocycles. The Labute approximate surface area is 97.2 Å². The van der Waals surface area contributed by atoms with Crippen molar-refractivity contribution in [2.24, 2.45) is 0 Å². The summed E-state index contributed by atoms with van der Waals surface area (Å²) in [5.41, 5.74) is 10.3. The molecule has 3 heteroatoms. The quantitative estimate of drug-likeness (QED) is 0.692. The number of rotatable bonds is 0. The molecule has 0 unspecified atom stereocenters. The molecule has 0 amide bonds. The molecule has 15 heavy (non-hydrogen) atoms. The molecule has 0 atom stereocenters. The van der Waals surface area contributed by atoms with Crippen molar-refractivity contribution >= 4 is 18.1 Å². The SMILES string of the molecule is Cc1cc(N)c(C)c2c1OC(C)(C)C2.Cl. The van der Waals surface area contributed by atoms with E-state index in [2.05, 4.69) is 27.7 Å². The van der Waals surface area contributed by atoms with Crippen LogP contribution in [0.1, 0.15) is 30.5 Å². The van der Waals surface area contributed by atoms with Crippen LogP contribution in [0.2, 0.25) is 0 Å². The second-order valence-electron chi connectivity index (χ2n) is 4.75. The molecule has 0 radical (unpaired) electrons. The minimum absolute atomic E-state index is 0. The zero-order chi connectivity index (χ0) is 10.5. The van der Waals surface area contributed by atoms with Crippen molar-refractivity contribution in [2.75, 3.05) is 5.73 Å². The minimum atomic E-state index is -0.0777. The Morgan fingerprint density at radius 2 is 1.93 bits per heavy atom. The van der Waals surface area contributed by atoms with E-state index in [1.54, 1.807) is 0 Å². The molecule has 2 nitrogen and oxygen atoms in total. The van der Waals surface area contributed by atoms with Crippen molar-refractivity contribution in [3.8, 4) is 5.75 Å². The van der Waals surface area contributed by atoms with Crippen LogP contribution in [-0.4, -0.2) is 5.60 Å². The van der Waals surface area contributed by atoms with Gasteiger partial charge in [0.2, 0.25) is 0 Å². The Hall–Kier alpha value is -0.890. The summed E-state index contributed by atoms with van der Waals surface area (Å²) >= 11 is 0. The summed E-state index contributed by atoms with van der Waals surface area (Å²) in [5, 5.41) is 0. The molecule has 1 aromatic rings. The molecule has 1 heterocycles. The molecular formula is C12H18ClNO. The zero-order valence-corrected chi connectivity index (χ0v) is 10.5. The maximum atomic E-state index is 5.93. The first-order chi connectivity index (χ1) is 6.41. The number of nitrogens with two attached hydrogens (primary N) is 1. The van der Waals surface area contributed by atoms with Crippen molar-refractivity contribution in [1.29, 1.82) is 0 Å². The zero-order valence-electron chi connectivity index (χ0n) is 9.68. The summed E-state index contributed by atoms with van der Waals surface area (Å²) in [5.74, 6) is 1.04. The fourth-order valence-electron chi connectivity index (χ4n) is 2.08. The summed E-state index contributed by atoms with van der Waals surface area (Å²) in [4.78, 5) is 0. The average molecular weight is 228 g/mol. The first-order valence-electron chi connectivity index (χ1n) is 4.98. The molecule has 84 valence electrons. The standard InChI is InChI=1S/C12H17NO.ClH/c1-7-5-10(13)8(2)9-6-12(3,4)14-11(7)9;/h5H,6,13H2,1-4H3;1H. The van der Waals surface area contributed by atoms with Gasteiger partial charge in [-0.05, 0) is 44.9 Å². The first-order valence-corrected chi connectivity index (χ1v) is 4.98. The van der Waals surface area contributed by atoms with Crippen LogP contribution in [0, 0.1) is 13.8 Å². The maximum Gasteiger partial charge on any atom is 0.126 e. The van der Waals surface area contributed by atoms with E-state index in [4.69, 9.17) is 10.5 Å². The molecule has 2 N–H and O–H groups in total. The fourth-order valence-corrected chi connectivity index (χ4v) is 2.08. The van der Waals surface area contributed by atoms with Gasteiger partial charge in [0.15, 0.2) is 0 Å². The van der Waals surface area contributed by atoms with E-state index in [1.807, 2.05) is 6.07 Å². The van der Waals surface area contributed by atoms with E-state index in [0.717, 1.165) is 23.4 Å². The number of hydrogen-bond acceptors (Lipinski definition) is 2. The molecule has 1 aromatic carbocycles. The summed E-state index contributed by atoms with van der Waals surface area (Å²) in [6.07, 6.45) is 0.958. The highest BCUT2D eigenvalue weighted by Gasteiger charge is 2.32. The van der Waals surface area contributed by atoms with Gasteiger partial charge in [-0.25, -0.2) is 0 Å². The highest BCUT2D eigenvalue weighted by atomic mass is 35.5. The van der Waals surface area contributed by atoms with Crippen LogP contribution >= 0.6 is 12.4 Å². The number of hydrogen-bond donors (Lipinski definition) is 1. The van der Waals surface area contributed by atoms with Gasteiger partial charge < -0.3 is 10.5 Å². The van der Waals surface area contributed by atoms with Crippen LogP contribution in [0.25, 0.3) is 0 Å². The lowest BCUT2D eigenvalue weighted by Gasteiger charge is -2.17. The van der Waals surface area contributed by atoms with Crippen LogP contribution < -0.4 is 10.5 Å². The topological polar surface area (TPSA) is 35.2 Å². The first kappa shape index (κ1) is 12.2. The van der Waals surface area contributed by atoms with E-state index in [0.29, 0.717) is 0 Å². The molecule has 1 aliphatic rings. The van der Waals surface area contributed by atoms with Gasteiger partial charge in [0.05, 0.1) is 0 Å². The number of anilines is 1. The van der Waals surface area contributed by atoms with Crippen LogP contribution in [0.3, 0.4) is 0 Å². The molecule has 0 saturated carbocycles. The summed E-state index contributed by atoms with van der Waals surface area (Å²) in [6.45, 7) is 8.35. The second kappa shape index (κ2) is 3.60. The van der Waals surface area contributed by atoms with Crippen LogP contribution in [0.5, 0.6) is 5.75 Å². The largest absolute Gasteiger partial charge is 0.487 e. The van der Waals surface area contributed by atoms with Gasteiger partial charge in [-0.3, -0.25) is 0 Å². The maximum absolute atomic E-state index is 5.93. The second-order valence-corrected chi connectivity index (χ2v) is 4.75. The number of nitrogen functional groups attached to an aromatic ring is 1. The molecule has 0 aliphatic carbocycles. The Morgan fingerprint density at radius 1 is 1.33 bits per heavy atom. The van der Waals surface area contributed by atoms with Gasteiger partial charge in [-0.2, -0.15) is 0 Å². The van der Waals surface area contributed by atoms with Crippen molar-refractivity contribution in [2.45, 2.75) is 39.7 Å². The molecule has 0 saturated heterocycles. The van der Waals surface area contributed by atoms with E-state index < -0.39 is 0 Å². The van der Waals surface area contributed by atoms with Crippen LogP contribution in [0.15, 0.2) is 6.07 Å². The molecule has 0 aromatic heterocycles. The number of ether oxygens (including phenoxy) is 1. The Bertz CT molecular complexity index is 399. The Morgan fingerprint density at radius 3 is 2.53 bits per heavy atom. The molecule has 0 fully saturated rings. The lowest BCUT2D eigenvalue weighted by atomic mass is 9.95. The summed E-state index contributed by atoms with van der Waals surface area (Å²) in [7, 11) is 0. The normalized spacial score (nSPS) is 16.5. The lowest BCUT2D eigenvalue weighted by molar-refractivity contribution is 0.137. The number of benzene rings is 1. The van der Waals surface area contributed by atoms with Gasteiger partial charge >= 0.3 is 0 Å². The highest BCUT2D eigenvalue weighted by molar-refractivity contribution is 5.85. The Balaban J connectivity index is 0.00000112. The van der Waals surface area contributed by atoms with E-state index in [1.165, 1.54) is 11.1 Å². The third-order valence-electron chi connectivity index (χ3n) is 2.87. The fraction of sp³-hybridized carbons (Fsp3) is 0.500. The lowest BCUT2D eigenvalue weighted by Crippen LogP contribution is -2.24. The average Bonchev–Trinajstić information content (AvgIpc) is 2.38. The summed E-state index contributed by atoms with van der Waals surface area (Å²) < 4.78 is 5.91. The van der Waals surface area contributed by atoms with Gasteiger partial charge in [0.1, 0.15) is 11.4 Å². The minimum Gasteiger partial charge on any atom is -0.487 e. The van der Waals surface area contributed by atoms with Crippen LogP contribution in [-0.2, 0) is 6.42 Å². The van der Waals surface area contributed by atoms with E-state index in [-0.39, 0.29) is 18.0 Å². The van der Waals surface area contributed by atoms with Gasteiger partial charge in [-0.15, -0.1) is 12.4 Å². The predicted molar refractivity (Wildman–Crippen MR) is 66.0 cm³/mol. The molecular weight excluding hydrogens is 210 g/mol. The molecule has 0 spiro atoms. The third-order valence-corrected chi connectivity index (χ3v) is 2.87. The smallest absolute Gasteiger partial charge is 0.126 e. The Kier molecular flexibility index (Phi) is 2.92. The van der Waals surface area contributed by atoms with Crippen LogP contribution in [0.4, 0.5) is 5.69 Å². The predicted octanol–water partition coefficient (Wildman–Crippen LogP) is 3.02. The van der Waals surface area contributed by atoms with E-state index in [9.17, 15) is 0 Å². The van der Waals surface area contributed by atoms with Gasteiger partial charge in [0.25, 0.3) is 0 Å². The van der Waals surface area contributed by atoms with Crippen molar-refractivity contribution in [1.82, 2.24) is 0 Å². The van der Waals surface area contributed by atoms with Crippen molar-refractivity contribution < 1.29 is 4.74 Å². The van der Waals surface area contributed by atoms with E-state index >= 15 is 0 Å². The summed E-state index contributed by atoms with van der Waals surface area (Å²) in [6, 6.07) is 2.00. The van der Waals surface area contributed by atoms with Crippen molar-refractivity contribution in [3.05, 3.63) is 22.8 Å². The van der Waals surface area contributed by atoms with Gasteiger partial charge in [0, 0.05) is 17.7 Å². The molecule has 0 bridgehead atoms. The van der Waals surface area contributed by atoms with Crippen molar-refractivity contribution in [3.63, 3.8) is 0 Å². The number of fused-ring (bicyclic) bond motifs is 1.